The van der Waals surface area contributed by atoms with Gasteiger partial charge in [-0.1, -0.05) is 29.8 Å². The predicted molar refractivity (Wildman–Crippen MR) is 103 cm³/mol. The number of benzene rings is 3. The summed E-state index contributed by atoms with van der Waals surface area (Å²) in [5, 5.41) is 12.9. The highest BCUT2D eigenvalue weighted by Gasteiger charge is 2.12. The molecule has 1 amide bonds. The Morgan fingerprint density at radius 3 is 2.70 bits per heavy atom. The molecule has 0 aliphatic rings. The molecule has 0 unspecified atom stereocenters. The standard InChI is InChI=1S/C21H17ClFNO3/c22-15-7-8-20(25)19(12-15)21(26)24-17-5-2-6-18(13-17)27-10-9-14-3-1-4-16(23)11-14/h1-8,11-13,25H,9-10H2,(H,24,26). The van der Waals surface area contributed by atoms with Crippen LogP contribution in [0.2, 0.25) is 5.02 Å². The van der Waals surface area contributed by atoms with Crippen LogP contribution in [-0.2, 0) is 6.42 Å². The van der Waals surface area contributed by atoms with E-state index in [2.05, 4.69) is 5.32 Å². The second-order valence-electron chi connectivity index (χ2n) is 5.87. The summed E-state index contributed by atoms with van der Waals surface area (Å²) >= 11 is 5.87. The third-order valence-corrected chi connectivity index (χ3v) is 4.08. The molecule has 0 spiro atoms. The summed E-state index contributed by atoms with van der Waals surface area (Å²) in [6, 6.07) is 17.5. The molecule has 0 radical (unpaired) electrons. The van der Waals surface area contributed by atoms with Gasteiger partial charge >= 0.3 is 0 Å². The van der Waals surface area contributed by atoms with Crippen molar-refractivity contribution in [1.29, 1.82) is 0 Å². The summed E-state index contributed by atoms with van der Waals surface area (Å²) in [6.07, 6.45) is 0.560. The van der Waals surface area contributed by atoms with E-state index < -0.39 is 5.91 Å². The van der Waals surface area contributed by atoms with Crippen LogP contribution < -0.4 is 10.1 Å². The number of carbonyl (C=O) groups is 1. The van der Waals surface area contributed by atoms with Gasteiger partial charge in [-0.15, -0.1) is 0 Å². The average Bonchev–Trinajstić information content (AvgIpc) is 2.64. The number of phenols is 1. The lowest BCUT2D eigenvalue weighted by Gasteiger charge is -2.10. The van der Waals surface area contributed by atoms with Gasteiger partial charge in [0.2, 0.25) is 0 Å². The maximum atomic E-state index is 13.2. The molecule has 3 aromatic rings. The molecule has 0 bridgehead atoms. The van der Waals surface area contributed by atoms with E-state index in [1.165, 1.54) is 30.3 Å². The molecular weight excluding hydrogens is 369 g/mol. The topological polar surface area (TPSA) is 58.6 Å². The van der Waals surface area contributed by atoms with E-state index in [1.54, 1.807) is 30.3 Å². The van der Waals surface area contributed by atoms with Crippen molar-refractivity contribution in [2.75, 3.05) is 11.9 Å². The molecule has 0 heterocycles. The Balaban J connectivity index is 1.61. The molecule has 6 heteroatoms. The van der Waals surface area contributed by atoms with Gasteiger partial charge < -0.3 is 15.2 Å². The zero-order chi connectivity index (χ0) is 19.2. The first-order valence-corrected chi connectivity index (χ1v) is 8.66. The van der Waals surface area contributed by atoms with Crippen LogP contribution in [0, 0.1) is 5.82 Å². The number of halogens is 2. The number of hydrogen-bond acceptors (Lipinski definition) is 3. The number of phenolic OH excluding ortho intramolecular Hbond substituents is 1. The van der Waals surface area contributed by atoms with Gasteiger partial charge in [0.25, 0.3) is 5.91 Å². The summed E-state index contributed by atoms with van der Waals surface area (Å²) in [7, 11) is 0. The molecule has 2 N–H and O–H groups in total. The minimum absolute atomic E-state index is 0.0833. The van der Waals surface area contributed by atoms with Crippen LogP contribution in [0.25, 0.3) is 0 Å². The van der Waals surface area contributed by atoms with Gasteiger partial charge in [-0.3, -0.25) is 4.79 Å². The number of aromatic hydroxyl groups is 1. The van der Waals surface area contributed by atoms with Crippen molar-refractivity contribution in [2.24, 2.45) is 0 Å². The largest absolute Gasteiger partial charge is 0.507 e. The minimum Gasteiger partial charge on any atom is -0.507 e. The van der Waals surface area contributed by atoms with Crippen molar-refractivity contribution < 1.29 is 19.0 Å². The first-order chi connectivity index (χ1) is 13.0. The van der Waals surface area contributed by atoms with Crippen molar-refractivity contribution in [3.63, 3.8) is 0 Å². The lowest BCUT2D eigenvalue weighted by Crippen LogP contribution is -2.12. The number of carbonyl (C=O) groups excluding carboxylic acids is 1. The molecule has 0 saturated heterocycles. The van der Waals surface area contributed by atoms with Crippen LogP contribution >= 0.6 is 11.6 Å². The zero-order valence-corrected chi connectivity index (χ0v) is 15.0. The first kappa shape index (κ1) is 18.7. The predicted octanol–water partition coefficient (Wildman–Crippen LogP) is 5.06. The molecule has 0 saturated carbocycles. The highest BCUT2D eigenvalue weighted by Crippen LogP contribution is 2.24. The quantitative estimate of drug-likeness (QED) is 0.623. The molecular formula is C21H17ClFNO3. The molecule has 0 aromatic heterocycles. The summed E-state index contributed by atoms with van der Waals surface area (Å²) in [5.41, 5.74) is 1.44. The van der Waals surface area contributed by atoms with Gasteiger partial charge in [0, 0.05) is 23.2 Å². The maximum absolute atomic E-state index is 13.2. The van der Waals surface area contributed by atoms with E-state index in [9.17, 15) is 14.3 Å². The van der Waals surface area contributed by atoms with E-state index in [0.29, 0.717) is 29.5 Å². The van der Waals surface area contributed by atoms with E-state index in [4.69, 9.17) is 16.3 Å². The van der Waals surface area contributed by atoms with Crippen molar-refractivity contribution >= 4 is 23.2 Å². The minimum atomic E-state index is -0.480. The van der Waals surface area contributed by atoms with E-state index >= 15 is 0 Å². The van der Waals surface area contributed by atoms with Gasteiger partial charge in [-0.2, -0.15) is 0 Å². The van der Waals surface area contributed by atoms with Crippen LogP contribution in [0.1, 0.15) is 15.9 Å². The van der Waals surface area contributed by atoms with Crippen molar-refractivity contribution in [3.05, 3.63) is 88.7 Å². The number of nitrogens with one attached hydrogen (secondary N) is 1. The number of amides is 1. The lowest BCUT2D eigenvalue weighted by atomic mass is 10.1. The fraction of sp³-hybridized carbons (Fsp3) is 0.0952. The average molecular weight is 386 g/mol. The van der Waals surface area contributed by atoms with Gasteiger partial charge in [0.05, 0.1) is 12.2 Å². The number of hydrogen-bond donors (Lipinski definition) is 2. The summed E-state index contributed by atoms with van der Waals surface area (Å²) in [5.74, 6) is -0.340. The summed E-state index contributed by atoms with van der Waals surface area (Å²) in [4.78, 5) is 12.3. The van der Waals surface area contributed by atoms with Crippen molar-refractivity contribution in [3.8, 4) is 11.5 Å². The Kier molecular flexibility index (Phi) is 5.94. The highest BCUT2D eigenvalue weighted by molar-refractivity contribution is 6.31. The molecule has 138 valence electrons. The van der Waals surface area contributed by atoms with E-state index in [-0.39, 0.29) is 17.1 Å². The molecule has 27 heavy (non-hydrogen) atoms. The second kappa shape index (κ2) is 8.56. The van der Waals surface area contributed by atoms with Gasteiger partial charge in [0.1, 0.15) is 17.3 Å². The molecule has 0 fully saturated rings. The molecule has 4 nitrogen and oxygen atoms in total. The number of anilines is 1. The van der Waals surface area contributed by atoms with Gasteiger partial charge in [0.15, 0.2) is 0 Å². The monoisotopic (exact) mass is 385 g/mol. The van der Waals surface area contributed by atoms with E-state index in [0.717, 1.165) is 5.56 Å². The van der Waals surface area contributed by atoms with Crippen molar-refractivity contribution in [2.45, 2.75) is 6.42 Å². The Bertz CT molecular complexity index is 962. The van der Waals surface area contributed by atoms with Gasteiger partial charge in [-0.05, 0) is 48.0 Å². The zero-order valence-electron chi connectivity index (χ0n) is 14.3. The summed E-state index contributed by atoms with van der Waals surface area (Å²) < 4.78 is 18.9. The first-order valence-electron chi connectivity index (χ1n) is 8.28. The van der Waals surface area contributed by atoms with Crippen molar-refractivity contribution in [1.82, 2.24) is 0 Å². The fourth-order valence-electron chi connectivity index (χ4n) is 2.53. The van der Waals surface area contributed by atoms with Crippen LogP contribution in [0.4, 0.5) is 10.1 Å². The normalized spacial score (nSPS) is 10.4. The molecule has 0 aliphatic carbocycles. The molecule has 0 aliphatic heterocycles. The maximum Gasteiger partial charge on any atom is 0.259 e. The molecule has 3 rings (SSSR count). The van der Waals surface area contributed by atoms with Crippen LogP contribution in [0.5, 0.6) is 11.5 Å². The van der Waals surface area contributed by atoms with Crippen LogP contribution in [0.3, 0.4) is 0 Å². The second-order valence-corrected chi connectivity index (χ2v) is 6.31. The molecule has 3 aromatic carbocycles. The Labute approximate surface area is 161 Å². The molecule has 0 atom stereocenters. The number of ether oxygens (including phenoxy) is 1. The van der Waals surface area contributed by atoms with Crippen LogP contribution in [0.15, 0.2) is 66.7 Å². The SMILES string of the molecule is O=C(Nc1cccc(OCCc2cccc(F)c2)c1)c1cc(Cl)ccc1O. The van der Waals surface area contributed by atoms with E-state index in [1.807, 2.05) is 6.07 Å². The Morgan fingerprint density at radius 2 is 1.89 bits per heavy atom. The Morgan fingerprint density at radius 1 is 1.07 bits per heavy atom. The lowest BCUT2D eigenvalue weighted by molar-refractivity contribution is 0.102. The number of rotatable bonds is 6. The summed E-state index contributed by atoms with van der Waals surface area (Å²) in [6.45, 7) is 0.371. The highest BCUT2D eigenvalue weighted by atomic mass is 35.5. The third kappa shape index (κ3) is 5.21. The van der Waals surface area contributed by atoms with Crippen LogP contribution in [-0.4, -0.2) is 17.6 Å². The fourth-order valence-corrected chi connectivity index (χ4v) is 2.70. The third-order valence-electron chi connectivity index (χ3n) is 3.84. The smallest absolute Gasteiger partial charge is 0.259 e. The van der Waals surface area contributed by atoms with Gasteiger partial charge in [-0.25, -0.2) is 4.39 Å². The Hall–Kier alpha value is -3.05.